The highest BCUT2D eigenvalue weighted by Crippen LogP contribution is 2.33. The van der Waals surface area contributed by atoms with E-state index in [1.165, 1.54) is 0 Å². The van der Waals surface area contributed by atoms with Gasteiger partial charge in [0.1, 0.15) is 6.61 Å². The number of hydrogen-bond acceptors (Lipinski definition) is 4. The lowest BCUT2D eigenvalue weighted by atomic mass is 10.2. The predicted molar refractivity (Wildman–Crippen MR) is 79.9 cm³/mol. The van der Waals surface area contributed by atoms with Gasteiger partial charge in [0.2, 0.25) is 0 Å². The van der Waals surface area contributed by atoms with Gasteiger partial charge >= 0.3 is 0 Å². The molecule has 1 aromatic carbocycles. The Balaban J connectivity index is 2.17. The summed E-state index contributed by atoms with van der Waals surface area (Å²) >= 11 is 5.04. The molecule has 1 N–H and O–H groups in total. The first-order valence-electron chi connectivity index (χ1n) is 5.95. The van der Waals surface area contributed by atoms with Crippen molar-refractivity contribution in [2.75, 3.05) is 6.61 Å². The van der Waals surface area contributed by atoms with E-state index in [1.807, 2.05) is 36.6 Å². The van der Waals surface area contributed by atoms with Crippen molar-refractivity contribution in [3.05, 3.63) is 44.6 Å². The average molecular weight is 343 g/mol. The minimum absolute atomic E-state index is 0.0651. The molecule has 19 heavy (non-hydrogen) atoms. The SMILES string of the molecule is CCOc1cccc(CO)c1OCc1cc(Br)cs1. The van der Waals surface area contributed by atoms with Crippen molar-refractivity contribution in [1.29, 1.82) is 0 Å². The maximum absolute atomic E-state index is 9.37. The Bertz CT molecular complexity index is 539. The van der Waals surface area contributed by atoms with E-state index in [4.69, 9.17) is 9.47 Å². The summed E-state index contributed by atoms with van der Waals surface area (Å²) in [4.78, 5) is 1.11. The largest absolute Gasteiger partial charge is 0.490 e. The molecule has 1 aromatic heterocycles. The number of hydrogen-bond donors (Lipinski definition) is 1. The fourth-order valence-corrected chi connectivity index (χ4v) is 3.05. The summed E-state index contributed by atoms with van der Waals surface area (Å²) in [5.74, 6) is 1.29. The van der Waals surface area contributed by atoms with Crippen LogP contribution in [0.4, 0.5) is 0 Å². The molecule has 0 saturated heterocycles. The van der Waals surface area contributed by atoms with Gasteiger partial charge in [-0.25, -0.2) is 0 Å². The molecule has 0 aliphatic carbocycles. The lowest BCUT2D eigenvalue weighted by Crippen LogP contribution is -2.01. The zero-order chi connectivity index (χ0) is 13.7. The lowest BCUT2D eigenvalue weighted by molar-refractivity contribution is 0.244. The minimum Gasteiger partial charge on any atom is -0.490 e. The van der Waals surface area contributed by atoms with E-state index in [0.717, 1.165) is 14.9 Å². The Kier molecular flexibility index (Phi) is 5.24. The highest BCUT2D eigenvalue weighted by atomic mass is 79.9. The van der Waals surface area contributed by atoms with Gasteiger partial charge in [0.25, 0.3) is 0 Å². The molecule has 0 unspecified atom stereocenters. The molecule has 1 heterocycles. The third-order valence-corrected chi connectivity index (χ3v) is 4.18. The molecule has 0 spiro atoms. The summed E-state index contributed by atoms with van der Waals surface area (Å²) in [6.45, 7) is 2.89. The summed E-state index contributed by atoms with van der Waals surface area (Å²) in [6.07, 6.45) is 0. The van der Waals surface area contributed by atoms with Gasteiger partial charge in [-0.2, -0.15) is 0 Å². The second-order valence-corrected chi connectivity index (χ2v) is 5.77. The number of aliphatic hydroxyl groups is 1. The van der Waals surface area contributed by atoms with Crippen LogP contribution in [0, 0.1) is 0 Å². The van der Waals surface area contributed by atoms with Gasteiger partial charge in [-0.1, -0.05) is 12.1 Å². The molecule has 102 valence electrons. The van der Waals surface area contributed by atoms with Crippen LogP contribution in [0.5, 0.6) is 11.5 Å². The van der Waals surface area contributed by atoms with Crippen LogP contribution in [-0.4, -0.2) is 11.7 Å². The van der Waals surface area contributed by atoms with Crippen LogP contribution in [0.1, 0.15) is 17.4 Å². The maximum Gasteiger partial charge on any atom is 0.167 e. The number of thiophene rings is 1. The number of rotatable bonds is 6. The third kappa shape index (κ3) is 3.72. The van der Waals surface area contributed by atoms with Crippen LogP contribution in [-0.2, 0) is 13.2 Å². The number of aliphatic hydroxyl groups excluding tert-OH is 1. The van der Waals surface area contributed by atoms with Gasteiger partial charge in [-0.05, 0) is 35.0 Å². The van der Waals surface area contributed by atoms with Crippen LogP contribution in [0.3, 0.4) is 0 Å². The molecule has 0 atom stereocenters. The molecular formula is C14H15BrO3S. The zero-order valence-corrected chi connectivity index (χ0v) is 13.0. The highest BCUT2D eigenvalue weighted by Gasteiger charge is 2.11. The standard InChI is InChI=1S/C14H15BrO3S/c1-2-17-13-5-3-4-10(7-16)14(13)18-8-12-6-11(15)9-19-12/h3-6,9,16H,2,7-8H2,1H3. The van der Waals surface area contributed by atoms with Crippen molar-refractivity contribution in [2.45, 2.75) is 20.1 Å². The molecule has 0 bridgehead atoms. The van der Waals surface area contributed by atoms with Crippen LogP contribution in [0.15, 0.2) is 34.1 Å². The first kappa shape index (κ1) is 14.4. The Morgan fingerprint density at radius 3 is 2.79 bits per heavy atom. The van der Waals surface area contributed by atoms with Crippen molar-refractivity contribution in [1.82, 2.24) is 0 Å². The maximum atomic E-state index is 9.37. The second kappa shape index (κ2) is 6.93. The topological polar surface area (TPSA) is 38.7 Å². The van der Waals surface area contributed by atoms with Gasteiger partial charge in [0.15, 0.2) is 11.5 Å². The van der Waals surface area contributed by atoms with E-state index in [9.17, 15) is 5.11 Å². The monoisotopic (exact) mass is 342 g/mol. The molecule has 0 radical (unpaired) electrons. The first-order valence-corrected chi connectivity index (χ1v) is 7.63. The predicted octanol–water partition coefficient (Wildman–Crippen LogP) is 3.98. The molecule has 2 aromatic rings. The van der Waals surface area contributed by atoms with E-state index in [0.29, 0.717) is 24.7 Å². The first-order chi connectivity index (χ1) is 9.24. The normalized spacial score (nSPS) is 10.5. The molecule has 0 saturated carbocycles. The zero-order valence-electron chi connectivity index (χ0n) is 10.6. The van der Waals surface area contributed by atoms with Crippen molar-refractivity contribution in [3.63, 3.8) is 0 Å². The van der Waals surface area contributed by atoms with Crippen LogP contribution >= 0.6 is 27.3 Å². The van der Waals surface area contributed by atoms with Crippen LogP contribution < -0.4 is 9.47 Å². The summed E-state index contributed by atoms with van der Waals surface area (Å²) in [5.41, 5.74) is 0.738. The number of halogens is 1. The Morgan fingerprint density at radius 2 is 2.16 bits per heavy atom. The average Bonchev–Trinajstić information content (AvgIpc) is 2.83. The van der Waals surface area contributed by atoms with E-state index < -0.39 is 0 Å². The molecular weight excluding hydrogens is 328 g/mol. The van der Waals surface area contributed by atoms with Gasteiger partial charge in [0.05, 0.1) is 13.2 Å². The van der Waals surface area contributed by atoms with E-state index in [1.54, 1.807) is 11.3 Å². The number of para-hydroxylation sites is 1. The van der Waals surface area contributed by atoms with E-state index in [2.05, 4.69) is 15.9 Å². The van der Waals surface area contributed by atoms with Gasteiger partial charge in [0, 0.05) is 20.3 Å². The van der Waals surface area contributed by atoms with Gasteiger partial charge in [-0.15, -0.1) is 11.3 Å². The van der Waals surface area contributed by atoms with Gasteiger partial charge < -0.3 is 14.6 Å². The lowest BCUT2D eigenvalue weighted by Gasteiger charge is -2.14. The second-order valence-electron chi connectivity index (χ2n) is 3.86. The molecule has 0 amide bonds. The van der Waals surface area contributed by atoms with E-state index >= 15 is 0 Å². The Morgan fingerprint density at radius 1 is 1.32 bits per heavy atom. The molecule has 5 heteroatoms. The van der Waals surface area contributed by atoms with Crippen molar-refractivity contribution in [2.24, 2.45) is 0 Å². The summed E-state index contributed by atoms with van der Waals surface area (Å²) in [7, 11) is 0. The smallest absolute Gasteiger partial charge is 0.167 e. The fraction of sp³-hybridized carbons (Fsp3) is 0.286. The quantitative estimate of drug-likeness (QED) is 0.862. The van der Waals surface area contributed by atoms with Crippen molar-refractivity contribution >= 4 is 27.3 Å². The number of ether oxygens (including phenoxy) is 2. The van der Waals surface area contributed by atoms with Crippen LogP contribution in [0.2, 0.25) is 0 Å². The molecule has 0 aliphatic rings. The molecule has 0 fully saturated rings. The Labute approximate surface area is 124 Å². The number of benzene rings is 1. The third-order valence-electron chi connectivity index (χ3n) is 2.51. The summed E-state index contributed by atoms with van der Waals surface area (Å²) < 4.78 is 12.4. The molecule has 2 rings (SSSR count). The summed E-state index contributed by atoms with van der Waals surface area (Å²) in [6, 6.07) is 7.56. The fourth-order valence-electron chi connectivity index (χ4n) is 1.69. The van der Waals surface area contributed by atoms with Crippen LogP contribution in [0.25, 0.3) is 0 Å². The van der Waals surface area contributed by atoms with Crippen molar-refractivity contribution < 1.29 is 14.6 Å². The Hall–Kier alpha value is -1.04. The highest BCUT2D eigenvalue weighted by molar-refractivity contribution is 9.10. The molecule has 3 nitrogen and oxygen atoms in total. The van der Waals surface area contributed by atoms with Gasteiger partial charge in [-0.3, -0.25) is 0 Å². The minimum atomic E-state index is -0.0651. The van der Waals surface area contributed by atoms with Crippen molar-refractivity contribution in [3.8, 4) is 11.5 Å². The summed E-state index contributed by atoms with van der Waals surface area (Å²) in [5, 5.41) is 11.4. The molecule has 0 aliphatic heterocycles. The van der Waals surface area contributed by atoms with E-state index in [-0.39, 0.29) is 6.61 Å².